The first kappa shape index (κ1) is 20.2. The Balaban J connectivity index is 1.58. The van der Waals surface area contributed by atoms with Crippen LogP contribution in [0.25, 0.3) is 22.2 Å². The van der Waals surface area contributed by atoms with E-state index in [2.05, 4.69) is 40.4 Å². The van der Waals surface area contributed by atoms with Crippen LogP contribution in [0, 0.1) is 6.92 Å². The number of pyridine rings is 1. The number of hydrogen-bond acceptors (Lipinski definition) is 5. The van der Waals surface area contributed by atoms with Crippen molar-refractivity contribution in [1.82, 2.24) is 20.2 Å². The lowest BCUT2D eigenvalue weighted by Crippen LogP contribution is -2.40. The third kappa shape index (κ3) is 3.84. The molecular weight excluding hydrogens is 392 g/mol. The minimum atomic E-state index is 0.0326. The summed E-state index contributed by atoms with van der Waals surface area (Å²) in [4.78, 5) is 22.2. The van der Waals surface area contributed by atoms with Gasteiger partial charge in [-0.05, 0) is 59.4 Å². The van der Waals surface area contributed by atoms with Gasteiger partial charge >= 0.3 is 0 Å². The van der Waals surface area contributed by atoms with Crippen LogP contribution in [0.5, 0.6) is 0 Å². The minimum absolute atomic E-state index is 0.0326. The molecule has 2 N–H and O–H groups in total. The summed E-state index contributed by atoms with van der Waals surface area (Å²) in [6.07, 6.45) is 4.75. The molecule has 7 nitrogen and oxygen atoms in total. The second-order valence-electron chi connectivity index (χ2n) is 8.37. The van der Waals surface area contributed by atoms with Gasteiger partial charge in [0.25, 0.3) is 0 Å². The summed E-state index contributed by atoms with van der Waals surface area (Å²) in [7, 11) is 1.56. The average Bonchev–Trinajstić information content (AvgIpc) is 3.18. The van der Waals surface area contributed by atoms with E-state index < -0.39 is 0 Å². The van der Waals surface area contributed by atoms with Crippen molar-refractivity contribution in [2.75, 3.05) is 40.0 Å². The molecule has 1 atom stereocenters. The van der Waals surface area contributed by atoms with Crippen LogP contribution in [0.15, 0.2) is 30.6 Å². The Morgan fingerprint density at radius 2 is 2.23 bits per heavy atom. The lowest BCUT2D eigenvalue weighted by atomic mass is 9.87. The fraction of sp³-hybridized carbons (Fsp3) is 0.417. The van der Waals surface area contributed by atoms with E-state index in [4.69, 9.17) is 9.47 Å². The number of aromatic nitrogens is 2. The van der Waals surface area contributed by atoms with Crippen LogP contribution < -0.4 is 5.32 Å². The number of rotatable bonds is 4. The highest BCUT2D eigenvalue weighted by Gasteiger charge is 2.27. The predicted octanol–water partition coefficient (Wildman–Crippen LogP) is 2.73. The molecule has 1 aromatic carbocycles. The topological polar surface area (TPSA) is 79.5 Å². The summed E-state index contributed by atoms with van der Waals surface area (Å²) < 4.78 is 10.8. The second kappa shape index (κ2) is 8.42. The van der Waals surface area contributed by atoms with E-state index in [-0.39, 0.29) is 18.6 Å². The smallest absolute Gasteiger partial charge is 0.248 e. The number of H-pyrrole nitrogens is 1. The second-order valence-corrected chi connectivity index (χ2v) is 8.37. The Kier molecular flexibility index (Phi) is 5.48. The third-order valence-corrected chi connectivity index (χ3v) is 6.36. The summed E-state index contributed by atoms with van der Waals surface area (Å²) in [5, 5.41) is 4.74. The SMILES string of the molecule is COCC(=O)N1CCc2c(cc(-c3cnc4[nH]cc(C)c4c3)cc2[C@@H]2COCCN2)C1. The molecule has 0 bridgehead atoms. The molecule has 4 heterocycles. The van der Waals surface area contributed by atoms with E-state index >= 15 is 0 Å². The van der Waals surface area contributed by atoms with Gasteiger partial charge < -0.3 is 24.7 Å². The fourth-order valence-electron chi connectivity index (χ4n) is 4.70. The van der Waals surface area contributed by atoms with Crippen LogP contribution in [0.1, 0.15) is 28.3 Å². The quantitative estimate of drug-likeness (QED) is 0.679. The van der Waals surface area contributed by atoms with Gasteiger partial charge in [-0.2, -0.15) is 0 Å². The molecule has 31 heavy (non-hydrogen) atoms. The maximum Gasteiger partial charge on any atom is 0.248 e. The van der Waals surface area contributed by atoms with Crippen LogP contribution in [0.4, 0.5) is 0 Å². The lowest BCUT2D eigenvalue weighted by Gasteiger charge is -2.33. The number of aromatic amines is 1. The number of aryl methyl sites for hydroxylation is 1. The molecule has 2 aliphatic heterocycles. The highest BCUT2D eigenvalue weighted by Crippen LogP contribution is 2.34. The van der Waals surface area contributed by atoms with E-state index in [1.54, 1.807) is 7.11 Å². The standard InChI is InChI=1S/C24H28N4O3/c1-15-10-26-24-20(15)9-17(11-27-24)16-7-18-12-28(23(29)14-30-2)5-3-19(18)21(8-16)22-13-31-6-4-25-22/h7-11,22,25H,3-6,12-14H2,1-2H3,(H,26,27)/t22-/m0/s1. The highest BCUT2D eigenvalue weighted by atomic mass is 16.5. The average molecular weight is 421 g/mol. The van der Waals surface area contributed by atoms with Crippen LogP contribution in [0.3, 0.4) is 0 Å². The Morgan fingerprint density at radius 3 is 3.03 bits per heavy atom. The van der Waals surface area contributed by atoms with E-state index in [0.717, 1.165) is 41.7 Å². The zero-order chi connectivity index (χ0) is 21.4. The van der Waals surface area contributed by atoms with Gasteiger partial charge in [-0.1, -0.05) is 0 Å². The van der Waals surface area contributed by atoms with Crippen molar-refractivity contribution in [3.05, 3.63) is 52.8 Å². The van der Waals surface area contributed by atoms with Gasteiger partial charge in [0, 0.05) is 50.1 Å². The summed E-state index contributed by atoms with van der Waals surface area (Å²) >= 11 is 0. The van der Waals surface area contributed by atoms with Crippen molar-refractivity contribution in [2.45, 2.75) is 25.9 Å². The van der Waals surface area contributed by atoms with Crippen LogP contribution >= 0.6 is 0 Å². The van der Waals surface area contributed by atoms with Gasteiger partial charge in [-0.25, -0.2) is 4.98 Å². The van der Waals surface area contributed by atoms with Crippen LogP contribution in [-0.2, 0) is 27.2 Å². The van der Waals surface area contributed by atoms with Crippen molar-refractivity contribution in [2.24, 2.45) is 0 Å². The number of methoxy groups -OCH3 is 1. The molecule has 0 unspecified atom stereocenters. The molecule has 7 heteroatoms. The Morgan fingerprint density at radius 1 is 1.32 bits per heavy atom. The lowest BCUT2D eigenvalue weighted by molar-refractivity contribution is -0.136. The van der Waals surface area contributed by atoms with Crippen molar-refractivity contribution in [1.29, 1.82) is 0 Å². The van der Waals surface area contributed by atoms with Crippen molar-refractivity contribution in [3.63, 3.8) is 0 Å². The number of hydrogen-bond donors (Lipinski definition) is 2. The maximum atomic E-state index is 12.5. The first-order valence-corrected chi connectivity index (χ1v) is 10.8. The fourth-order valence-corrected chi connectivity index (χ4v) is 4.70. The van der Waals surface area contributed by atoms with E-state index in [9.17, 15) is 4.79 Å². The number of carbonyl (C=O) groups is 1. The largest absolute Gasteiger partial charge is 0.378 e. The van der Waals surface area contributed by atoms with Gasteiger partial charge in [-0.3, -0.25) is 4.79 Å². The summed E-state index contributed by atoms with van der Waals surface area (Å²) in [5.74, 6) is 0.0326. The zero-order valence-electron chi connectivity index (χ0n) is 18.0. The van der Waals surface area contributed by atoms with Crippen LogP contribution in [0.2, 0.25) is 0 Å². The van der Waals surface area contributed by atoms with Crippen LogP contribution in [-0.4, -0.2) is 60.8 Å². The highest BCUT2D eigenvalue weighted by molar-refractivity contribution is 5.85. The monoisotopic (exact) mass is 420 g/mol. The number of benzene rings is 1. The summed E-state index contributed by atoms with van der Waals surface area (Å²) in [5.41, 5.74) is 8.09. The normalized spacial score (nSPS) is 18.9. The number of nitrogens with zero attached hydrogens (tertiary/aromatic N) is 2. The molecule has 1 amide bonds. The molecule has 0 spiro atoms. The van der Waals surface area contributed by atoms with Crippen molar-refractivity contribution >= 4 is 16.9 Å². The molecule has 0 saturated carbocycles. The molecule has 3 aromatic rings. The number of amides is 1. The maximum absolute atomic E-state index is 12.5. The van der Waals surface area contributed by atoms with E-state index in [1.165, 1.54) is 22.3 Å². The van der Waals surface area contributed by atoms with Gasteiger partial charge in [0.2, 0.25) is 5.91 Å². The van der Waals surface area contributed by atoms with Crippen molar-refractivity contribution in [3.8, 4) is 11.1 Å². The number of nitrogens with one attached hydrogen (secondary N) is 2. The Labute approximate surface area is 181 Å². The molecule has 0 radical (unpaired) electrons. The Bertz CT molecular complexity index is 1120. The molecule has 162 valence electrons. The predicted molar refractivity (Wildman–Crippen MR) is 119 cm³/mol. The Hall–Kier alpha value is -2.74. The molecule has 0 aliphatic carbocycles. The van der Waals surface area contributed by atoms with Gasteiger partial charge in [0.05, 0.1) is 19.3 Å². The van der Waals surface area contributed by atoms with Gasteiger partial charge in [-0.15, -0.1) is 0 Å². The molecule has 2 aliphatic rings. The molecular formula is C24H28N4O3. The number of carbonyl (C=O) groups excluding carboxylic acids is 1. The molecule has 2 aromatic heterocycles. The first-order chi connectivity index (χ1) is 15.1. The summed E-state index contributed by atoms with van der Waals surface area (Å²) in [6.45, 7) is 5.77. The van der Waals surface area contributed by atoms with Gasteiger partial charge in [0.1, 0.15) is 12.3 Å². The van der Waals surface area contributed by atoms with Crippen molar-refractivity contribution < 1.29 is 14.3 Å². The molecule has 1 saturated heterocycles. The first-order valence-electron chi connectivity index (χ1n) is 10.8. The number of morpholine rings is 1. The summed E-state index contributed by atoms with van der Waals surface area (Å²) in [6, 6.07) is 6.86. The number of fused-ring (bicyclic) bond motifs is 2. The molecule has 1 fully saturated rings. The third-order valence-electron chi connectivity index (χ3n) is 6.36. The van der Waals surface area contributed by atoms with E-state index in [1.807, 2.05) is 17.3 Å². The minimum Gasteiger partial charge on any atom is -0.378 e. The molecule has 5 rings (SSSR count). The zero-order valence-corrected chi connectivity index (χ0v) is 18.0. The number of ether oxygens (including phenoxy) is 2. The van der Waals surface area contributed by atoms with E-state index in [0.29, 0.717) is 19.7 Å². The van der Waals surface area contributed by atoms with Gasteiger partial charge in [0.15, 0.2) is 0 Å².